The molecule has 1 aliphatic heterocycles. The second kappa shape index (κ2) is 10.5. The van der Waals surface area contributed by atoms with Gasteiger partial charge < -0.3 is 5.11 Å². The summed E-state index contributed by atoms with van der Waals surface area (Å²) in [6.45, 7) is 0. The lowest BCUT2D eigenvalue weighted by atomic mass is 9.88. The van der Waals surface area contributed by atoms with Crippen molar-refractivity contribution in [3.05, 3.63) is 64.7 Å². The number of anilines is 1. The number of ketones is 1. The molecular weight excluding hydrogens is 468 g/mol. The van der Waals surface area contributed by atoms with Gasteiger partial charge in [-0.1, -0.05) is 30.3 Å². The number of benzene rings is 2. The molecule has 0 saturated heterocycles. The summed E-state index contributed by atoms with van der Waals surface area (Å²) in [5.74, 6) is -14.5. The zero-order valence-corrected chi connectivity index (χ0v) is 16.5. The molecule has 0 spiro atoms. The van der Waals surface area contributed by atoms with Crippen LogP contribution in [0.25, 0.3) is 0 Å². The fraction of sp³-hybridized carbons (Fsp3) is 0.250. The maximum atomic E-state index is 14.4. The predicted molar refractivity (Wildman–Crippen MR) is 99.0 cm³/mol. The second-order valence-electron chi connectivity index (χ2n) is 6.34. The van der Waals surface area contributed by atoms with E-state index in [9.17, 15) is 44.7 Å². The fourth-order valence-corrected chi connectivity index (χ4v) is 3.04. The maximum absolute atomic E-state index is 14.4. The summed E-state index contributed by atoms with van der Waals surface area (Å²) in [7, 11) is 1.00. The predicted octanol–water partition coefficient (Wildman–Crippen LogP) is 4.38. The van der Waals surface area contributed by atoms with Gasteiger partial charge in [0.05, 0.1) is 17.2 Å². The minimum atomic E-state index is -3.91. The average Bonchev–Trinajstić information content (AvgIpc) is 2.80. The van der Waals surface area contributed by atoms with Crippen molar-refractivity contribution in [3.8, 4) is 0 Å². The van der Waals surface area contributed by atoms with Crippen LogP contribution in [0.15, 0.2) is 35.4 Å². The topological polar surface area (TPSA) is 70.0 Å². The summed E-state index contributed by atoms with van der Waals surface area (Å²) in [5, 5.41) is 10.3. The molecule has 2 aromatic carbocycles. The Hall–Kier alpha value is -3.35. The molecule has 0 fully saturated rings. The minimum absolute atomic E-state index is 0.00459. The third kappa shape index (κ3) is 4.87. The van der Waals surface area contributed by atoms with Crippen molar-refractivity contribution in [1.29, 1.82) is 0 Å². The van der Waals surface area contributed by atoms with E-state index in [4.69, 9.17) is 5.11 Å². The van der Waals surface area contributed by atoms with Crippen molar-refractivity contribution in [2.24, 2.45) is 11.0 Å². The van der Waals surface area contributed by atoms with E-state index in [0.29, 0.717) is 0 Å². The Labute approximate surface area is 180 Å². The van der Waals surface area contributed by atoms with Crippen molar-refractivity contribution >= 4 is 23.1 Å². The highest BCUT2D eigenvalue weighted by atomic mass is 19.3. The van der Waals surface area contributed by atoms with Crippen molar-refractivity contribution in [2.75, 3.05) is 12.1 Å². The first kappa shape index (κ1) is 25.9. The van der Waals surface area contributed by atoms with Gasteiger partial charge in [0.1, 0.15) is 5.69 Å². The molecule has 1 aliphatic rings. The first-order valence-electron chi connectivity index (χ1n) is 8.93. The Morgan fingerprint density at radius 1 is 0.970 bits per heavy atom. The number of carbonyl (C=O) groups excluding carboxylic acids is 2. The zero-order valence-electron chi connectivity index (χ0n) is 16.5. The molecule has 1 unspecified atom stereocenters. The van der Waals surface area contributed by atoms with Crippen LogP contribution < -0.4 is 5.01 Å². The Morgan fingerprint density at radius 3 is 1.94 bits per heavy atom. The molecule has 5 nitrogen and oxygen atoms in total. The van der Waals surface area contributed by atoms with Crippen molar-refractivity contribution in [2.45, 2.75) is 19.3 Å². The number of halogens is 8. The Balaban J connectivity index is 0.00000187. The number of hydrogen-bond acceptors (Lipinski definition) is 4. The summed E-state index contributed by atoms with van der Waals surface area (Å²) in [5.41, 5.74) is -4.45. The largest absolute Gasteiger partial charge is 0.400 e. The number of Topliss-reactive ketones (excluding diaryl/α,β-unsaturated/α-hetero) is 1. The molecule has 0 aromatic heterocycles. The first-order valence-corrected chi connectivity index (χ1v) is 8.93. The molecule has 1 amide bonds. The monoisotopic (exact) mass is 482 g/mol. The highest BCUT2D eigenvalue weighted by Crippen LogP contribution is 2.37. The maximum Gasteiger partial charge on any atom is 0.296 e. The van der Waals surface area contributed by atoms with Gasteiger partial charge in [-0.25, -0.2) is 35.1 Å². The van der Waals surface area contributed by atoms with E-state index in [1.807, 2.05) is 0 Å². The van der Waals surface area contributed by atoms with E-state index in [1.165, 1.54) is 30.3 Å². The van der Waals surface area contributed by atoms with E-state index in [1.54, 1.807) is 0 Å². The van der Waals surface area contributed by atoms with Crippen molar-refractivity contribution in [1.82, 2.24) is 0 Å². The number of aliphatic hydroxyl groups is 1. The molecule has 3 rings (SSSR count). The molecule has 13 heteroatoms. The van der Waals surface area contributed by atoms with Crippen molar-refractivity contribution in [3.63, 3.8) is 0 Å². The van der Waals surface area contributed by atoms with Gasteiger partial charge in [-0.15, -0.1) is 0 Å². The van der Waals surface area contributed by atoms with Gasteiger partial charge in [0.15, 0.2) is 23.3 Å². The lowest BCUT2D eigenvalue weighted by Gasteiger charge is -2.29. The summed E-state index contributed by atoms with van der Waals surface area (Å²) < 4.78 is 108. The Bertz CT molecular complexity index is 1050. The van der Waals surface area contributed by atoms with Crippen molar-refractivity contribution < 1.29 is 49.8 Å². The fourth-order valence-electron chi connectivity index (χ4n) is 3.04. The quantitative estimate of drug-likeness (QED) is 0.508. The summed E-state index contributed by atoms with van der Waals surface area (Å²) in [6, 6.07) is 6.88. The van der Waals surface area contributed by atoms with Crippen LogP contribution in [0.3, 0.4) is 0 Å². The lowest BCUT2D eigenvalue weighted by molar-refractivity contribution is -0.134. The number of carbonyl (C=O) groups is 2. The van der Waals surface area contributed by atoms with E-state index >= 15 is 0 Å². The van der Waals surface area contributed by atoms with E-state index in [2.05, 4.69) is 5.10 Å². The highest BCUT2D eigenvalue weighted by molar-refractivity contribution is 6.19. The van der Waals surface area contributed by atoms with Gasteiger partial charge in [-0.2, -0.15) is 10.1 Å². The lowest BCUT2D eigenvalue weighted by Crippen LogP contribution is -2.43. The molecule has 1 atom stereocenters. The number of hydrazone groups is 1. The average molecular weight is 482 g/mol. The van der Waals surface area contributed by atoms with Gasteiger partial charge in [-0.3, -0.25) is 9.59 Å². The van der Waals surface area contributed by atoms with Crippen LogP contribution in [-0.4, -0.2) is 36.0 Å². The summed E-state index contributed by atoms with van der Waals surface area (Å²) in [6.07, 6.45) is -8.48. The number of alkyl halides is 4. The molecule has 1 N–H and O–H groups in total. The zero-order chi connectivity index (χ0) is 25.0. The smallest absolute Gasteiger partial charge is 0.296 e. The number of amides is 1. The number of aliphatic hydroxyl groups excluding tert-OH is 1. The van der Waals surface area contributed by atoms with Crippen LogP contribution in [0.2, 0.25) is 0 Å². The van der Waals surface area contributed by atoms with Crippen LogP contribution in [-0.2, 0) is 9.59 Å². The van der Waals surface area contributed by atoms with Gasteiger partial charge in [-0.05, 0) is 5.56 Å². The Kier molecular flexibility index (Phi) is 8.25. The SMILES string of the molecule is CO.O=C(C(F)F)C1CC(=O)N(c2c(F)c(F)c(C(F)F)c(F)c2F)N=C1c1ccccc1. The van der Waals surface area contributed by atoms with E-state index in [0.717, 1.165) is 7.11 Å². The summed E-state index contributed by atoms with van der Waals surface area (Å²) >= 11 is 0. The van der Waals surface area contributed by atoms with Crippen LogP contribution in [0.1, 0.15) is 24.0 Å². The molecule has 0 bridgehead atoms. The molecule has 2 aromatic rings. The summed E-state index contributed by atoms with van der Waals surface area (Å²) in [4.78, 5) is 24.2. The third-order valence-electron chi connectivity index (χ3n) is 4.49. The standard InChI is InChI=1S/C19H10F8N2O2.CH4O/c20-11-10(18(24)25)12(21)14(23)16(13(11)22)29-9(30)6-8(17(31)19(26)27)15(28-29)7-4-2-1-3-5-7;1-2/h1-5,8,18-19H,6H2;2H,1H3. The number of nitrogens with zero attached hydrogens (tertiary/aromatic N) is 2. The molecule has 178 valence electrons. The molecule has 1 heterocycles. The molecule has 0 saturated carbocycles. The number of hydrogen-bond donors (Lipinski definition) is 1. The molecule has 0 aliphatic carbocycles. The highest BCUT2D eigenvalue weighted by Gasteiger charge is 2.42. The third-order valence-corrected chi connectivity index (χ3v) is 4.49. The van der Waals surface area contributed by atoms with Crippen LogP contribution >= 0.6 is 0 Å². The van der Waals surface area contributed by atoms with Gasteiger partial charge >= 0.3 is 0 Å². The van der Waals surface area contributed by atoms with E-state index < -0.39 is 77.1 Å². The van der Waals surface area contributed by atoms with Crippen LogP contribution in [0, 0.1) is 29.2 Å². The van der Waals surface area contributed by atoms with Gasteiger partial charge in [0.2, 0.25) is 11.7 Å². The molecule has 33 heavy (non-hydrogen) atoms. The van der Waals surface area contributed by atoms with Gasteiger partial charge in [0.25, 0.3) is 12.9 Å². The van der Waals surface area contributed by atoms with E-state index in [-0.39, 0.29) is 10.6 Å². The first-order chi connectivity index (χ1) is 15.6. The normalized spacial score (nSPS) is 16.0. The second-order valence-corrected chi connectivity index (χ2v) is 6.34. The van der Waals surface area contributed by atoms with Crippen LogP contribution in [0.4, 0.5) is 40.8 Å². The van der Waals surface area contributed by atoms with Crippen LogP contribution in [0.5, 0.6) is 0 Å². The Morgan fingerprint density at radius 2 is 1.48 bits per heavy atom. The number of rotatable bonds is 5. The van der Waals surface area contributed by atoms with Gasteiger partial charge in [0, 0.05) is 13.5 Å². The molecule has 0 radical (unpaired) electrons. The molecular formula is C20H14F8N2O3. The minimum Gasteiger partial charge on any atom is -0.400 e.